The summed E-state index contributed by atoms with van der Waals surface area (Å²) in [6.07, 6.45) is 4.61. The van der Waals surface area contributed by atoms with Crippen LogP contribution in [0.5, 0.6) is 0 Å². The van der Waals surface area contributed by atoms with Crippen molar-refractivity contribution >= 4 is 40.8 Å². The Hall–Kier alpha value is -3.06. The molecule has 2 aliphatic heterocycles. The molecular formula is C27H30ClN3O4. The minimum absolute atomic E-state index is 0.0602. The summed E-state index contributed by atoms with van der Waals surface area (Å²) in [5.41, 5.74) is 1.48. The second-order valence-electron chi connectivity index (χ2n) is 9.69. The van der Waals surface area contributed by atoms with E-state index in [1.165, 1.54) is 0 Å². The highest BCUT2D eigenvalue weighted by atomic mass is 35.5. The molecule has 2 heterocycles. The normalized spacial score (nSPS) is 21.6. The second-order valence-corrected chi connectivity index (χ2v) is 10.1. The third-order valence-electron chi connectivity index (χ3n) is 7.46. The Bertz CT molecular complexity index is 1120. The highest BCUT2D eigenvalue weighted by Gasteiger charge is 2.52. The molecule has 2 amide bonds. The fraction of sp³-hybridized carbons (Fsp3) is 0.444. The van der Waals surface area contributed by atoms with Gasteiger partial charge in [0, 0.05) is 48.1 Å². The van der Waals surface area contributed by atoms with Crippen LogP contribution >= 0.6 is 11.6 Å². The quantitative estimate of drug-likeness (QED) is 0.631. The van der Waals surface area contributed by atoms with Crippen LogP contribution in [0.4, 0.5) is 11.4 Å². The molecule has 1 spiro atoms. The molecule has 1 unspecified atom stereocenters. The summed E-state index contributed by atoms with van der Waals surface area (Å²) in [6, 6.07) is 14.8. The summed E-state index contributed by atoms with van der Waals surface area (Å²) in [4.78, 5) is 42.5. The first kappa shape index (κ1) is 23.7. The van der Waals surface area contributed by atoms with E-state index < -0.39 is 11.5 Å². The Labute approximate surface area is 210 Å². The van der Waals surface area contributed by atoms with E-state index in [1.807, 2.05) is 29.2 Å². The second kappa shape index (κ2) is 9.90. The summed E-state index contributed by atoms with van der Waals surface area (Å²) in [5.74, 6) is -1.06. The first-order valence-corrected chi connectivity index (χ1v) is 12.7. The van der Waals surface area contributed by atoms with Crippen LogP contribution < -0.4 is 10.2 Å². The Morgan fingerprint density at radius 3 is 2.46 bits per heavy atom. The van der Waals surface area contributed by atoms with Crippen molar-refractivity contribution in [1.29, 1.82) is 0 Å². The zero-order valence-corrected chi connectivity index (χ0v) is 20.4. The zero-order valence-electron chi connectivity index (χ0n) is 19.7. The summed E-state index contributed by atoms with van der Waals surface area (Å²) < 4.78 is 5.68. The topological polar surface area (TPSA) is 79.0 Å². The molecule has 3 aliphatic rings. The van der Waals surface area contributed by atoms with Crippen molar-refractivity contribution in [2.45, 2.75) is 44.1 Å². The number of halogens is 1. The molecule has 0 bridgehead atoms. The molecular weight excluding hydrogens is 466 g/mol. The lowest BCUT2D eigenvalue weighted by atomic mass is 9.75. The highest BCUT2D eigenvalue weighted by Crippen LogP contribution is 2.44. The van der Waals surface area contributed by atoms with Gasteiger partial charge >= 0.3 is 5.97 Å². The lowest BCUT2D eigenvalue weighted by Crippen LogP contribution is -2.48. The number of amides is 2. The van der Waals surface area contributed by atoms with E-state index in [-0.39, 0.29) is 24.2 Å². The maximum atomic E-state index is 13.2. The van der Waals surface area contributed by atoms with Crippen LogP contribution in [-0.4, -0.2) is 54.5 Å². The van der Waals surface area contributed by atoms with Crippen molar-refractivity contribution in [3.8, 4) is 0 Å². The van der Waals surface area contributed by atoms with Gasteiger partial charge in [-0.15, -0.1) is 0 Å². The number of piperazine rings is 1. The maximum Gasteiger partial charge on any atom is 0.307 e. The van der Waals surface area contributed by atoms with Gasteiger partial charge in [0.05, 0.1) is 12.3 Å². The summed E-state index contributed by atoms with van der Waals surface area (Å²) >= 11 is 6.12. The number of anilines is 2. The van der Waals surface area contributed by atoms with Crippen LogP contribution in [0.3, 0.4) is 0 Å². The molecule has 1 atom stereocenters. The molecule has 5 rings (SSSR count). The fourth-order valence-electron chi connectivity index (χ4n) is 5.61. The molecule has 1 saturated carbocycles. The highest BCUT2D eigenvalue weighted by molar-refractivity contribution is 6.30. The number of nitrogens with zero attached hydrogens (tertiary/aromatic N) is 2. The molecule has 184 valence electrons. The first-order chi connectivity index (χ1) is 16.9. The summed E-state index contributed by atoms with van der Waals surface area (Å²) in [7, 11) is 0. The number of esters is 1. The van der Waals surface area contributed by atoms with Gasteiger partial charge in [0.25, 0.3) is 5.91 Å². The zero-order chi connectivity index (χ0) is 24.4. The first-order valence-electron chi connectivity index (χ1n) is 12.4. The lowest BCUT2D eigenvalue weighted by molar-refractivity contribution is -0.153. The molecule has 2 saturated heterocycles. The molecule has 2 aromatic carbocycles. The van der Waals surface area contributed by atoms with E-state index in [2.05, 4.69) is 10.2 Å². The average Bonchev–Trinajstić information content (AvgIpc) is 3.19. The predicted octanol–water partition coefficient (Wildman–Crippen LogP) is 4.51. The van der Waals surface area contributed by atoms with Gasteiger partial charge in [-0.25, -0.2) is 0 Å². The van der Waals surface area contributed by atoms with Crippen molar-refractivity contribution in [2.75, 3.05) is 36.4 Å². The molecule has 1 N–H and O–H groups in total. The van der Waals surface area contributed by atoms with Crippen molar-refractivity contribution in [3.05, 3.63) is 59.1 Å². The van der Waals surface area contributed by atoms with Gasteiger partial charge in [-0.3, -0.25) is 14.4 Å². The third-order valence-corrected chi connectivity index (χ3v) is 7.69. The number of nitrogens with one attached hydrogen (secondary N) is 1. The number of carbonyl (C=O) groups is 3. The Morgan fingerprint density at radius 1 is 0.971 bits per heavy atom. The molecule has 1 aliphatic carbocycles. The minimum atomic E-state index is -0.671. The van der Waals surface area contributed by atoms with E-state index in [0.29, 0.717) is 29.4 Å². The SMILES string of the molecule is O=C1CC(C(=O)Nc2cccc(C(=O)N3CCN(c4cccc(Cl)c4)CC3)c2)C2(CCCCC2)O1. The standard InChI is InChI=1S/C27H30ClN3O4/c28-20-7-5-9-22(17-20)30-12-14-31(15-13-30)26(34)19-6-4-8-21(16-19)29-25(33)23-18-24(32)35-27(23)10-2-1-3-11-27/h4-9,16-17,23H,1-3,10-15,18H2,(H,29,33). The number of hydrogen-bond acceptors (Lipinski definition) is 5. The molecule has 7 nitrogen and oxygen atoms in total. The van der Waals surface area contributed by atoms with Gasteiger partial charge < -0.3 is 19.9 Å². The van der Waals surface area contributed by atoms with Crippen LogP contribution in [-0.2, 0) is 14.3 Å². The Kier molecular flexibility index (Phi) is 6.69. The van der Waals surface area contributed by atoms with Crippen LogP contribution in [0, 0.1) is 5.92 Å². The number of carbonyl (C=O) groups excluding carboxylic acids is 3. The number of hydrogen-bond donors (Lipinski definition) is 1. The largest absolute Gasteiger partial charge is 0.458 e. The van der Waals surface area contributed by atoms with Crippen LogP contribution in [0.25, 0.3) is 0 Å². The van der Waals surface area contributed by atoms with Crippen molar-refractivity contribution < 1.29 is 19.1 Å². The summed E-state index contributed by atoms with van der Waals surface area (Å²) in [5, 5.41) is 3.64. The molecule has 2 aromatic rings. The fourth-order valence-corrected chi connectivity index (χ4v) is 5.79. The van der Waals surface area contributed by atoms with Crippen molar-refractivity contribution in [1.82, 2.24) is 4.90 Å². The van der Waals surface area contributed by atoms with Crippen molar-refractivity contribution in [3.63, 3.8) is 0 Å². The van der Waals surface area contributed by atoms with Gasteiger partial charge in [0.1, 0.15) is 5.60 Å². The minimum Gasteiger partial charge on any atom is -0.458 e. The van der Waals surface area contributed by atoms with Crippen LogP contribution in [0.15, 0.2) is 48.5 Å². The monoisotopic (exact) mass is 495 g/mol. The number of ether oxygens (including phenoxy) is 1. The van der Waals surface area contributed by atoms with E-state index in [1.54, 1.807) is 24.3 Å². The lowest BCUT2D eigenvalue weighted by Gasteiger charge is -2.36. The Morgan fingerprint density at radius 2 is 1.71 bits per heavy atom. The Balaban J connectivity index is 1.22. The smallest absolute Gasteiger partial charge is 0.307 e. The van der Waals surface area contributed by atoms with Gasteiger partial charge in [0.15, 0.2) is 0 Å². The van der Waals surface area contributed by atoms with E-state index in [9.17, 15) is 14.4 Å². The van der Waals surface area contributed by atoms with E-state index in [4.69, 9.17) is 16.3 Å². The van der Waals surface area contributed by atoms with Crippen LogP contribution in [0.2, 0.25) is 5.02 Å². The van der Waals surface area contributed by atoms with Crippen molar-refractivity contribution in [2.24, 2.45) is 5.92 Å². The summed E-state index contributed by atoms with van der Waals surface area (Å²) in [6.45, 7) is 2.65. The number of benzene rings is 2. The van der Waals surface area contributed by atoms with Gasteiger partial charge in [-0.05, 0) is 62.1 Å². The van der Waals surface area contributed by atoms with Gasteiger partial charge in [-0.2, -0.15) is 0 Å². The molecule has 0 radical (unpaired) electrons. The van der Waals surface area contributed by atoms with E-state index in [0.717, 1.165) is 50.9 Å². The predicted molar refractivity (Wildman–Crippen MR) is 135 cm³/mol. The van der Waals surface area contributed by atoms with E-state index >= 15 is 0 Å². The molecule has 35 heavy (non-hydrogen) atoms. The molecule has 0 aromatic heterocycles. The van der Waals surface area contributed by atoms with Crippen LogP contribution in [0.1, 0.15) is 48.9 Å². The third kappa shape index (κ3) is 5.01. The maximum absolute atomic E-state index is 13.2. The molecule has 3 fully saturated rings. The van der Waals surface area contributed by atoms with Gasteiger partial charge in [-0.1, -0.05) is 30.2 Å². The average molecular weight is 496 g/mol. The van der Waals surface area contributed by atoms with Gasteiger partial charge in [0.2, 0.25) is 5.91 Å². The molecule has 8 heteroatoms. The number of rotatable bonds is 4.